The molecule has 3 aromatic rings. The van der Waals surface area contributed by atoms with Gasteiger partial charge >= 0.3 is 12.3 Å². The van der Waals surface area contributed by atoms with Crippen LogP contribution in [0.2, 0.25) is 0 Å². The van der Waals surface area contributed by atoms with Gasteiger partial charge in [-0.1, -0.05) is 24.3 Å². The molecule has 1 saturated heterocycles. The molecule has 0 unspecified atom stereocenters. The summed E-state index contributed by atoms with van der Waals surface area (Å²) in [6.07, 6.45) is -7.17. The number of ether oxygens (including phenoxy) is 1. The molecule has 1 fully saturated rings. The van der Waals surface area contributed by atoms with Crippen molar-refractivity contribution in [3.05, 3.63) is 88.9 Å². The van der Waals surface area contributed by atoms with Gasteiger partial charge in [-0.05, 0) is 54.8 Å². The number of alkyl halides is 5. The van der Waals surface area contributed by atoms with Crippen molar-refractivity contribution >= 4 is 17.9 Å². The lowest BCUT2D eigenvalue weighted by molar-refractivity contribution is -0.187. The maximum absolute atomic E-state index is 13.6. The van der Waals surface area contributed by atoms with Gasteiger partial charge in [0.25, 0.3) is 12.3 Å². The molecule has 220 valence electrons. The largest absolute Gasteiger partial charge is 0.427 e. The third-order valence-electron chi connectivity index (χ3n) is 7.51. The Morgan fingerprint density at radius 1 is 1.10 bits per heavy atom. The average molecular weight is 592 g/mol. The summed E-state index contributed by atoms with van der Waals surface area (Å²) in [6.45, 7) is -0.781. The topological polar surface area (TPSA) is 79.8 Å². The number of hydrogen-bond donors (Lipinski definition) is 0. The lowest BCUT2D eigenvalue weighted by Gasteiger charge is -2.31. The van der Waals surface area contributed by atoms with Crippen LogP contribution in [0.5, 0.6) is 0 Å². The van der Waals surface area contributed by atoms with Crippen LogP contribution in [-0.4, -0.2) is 51.5 Å². The van der Waals surface area contributed by atoms with Gasteiger partial charge in [0.1, 0.15) is 18.4 Å². The predicted octanol–water partition coefficient (Wildman–Crippen LogP) is 5.93. The number of rotatable bonds is 7. The number of halogens is 6. The molecule has 0 N–H and O–H groups in total. The Morgan fingerprint density at radius 3 is 2.48 bits per heavy atom. The number of imide groups is 1. The monoisotopic (exact) mass is 591 g/mol. The van der Waals surface area contributed by atoms with E-state index in [2.05, 4.69) is 4.98 Å². The number of amides is 3. The van der Waals surface area contributed by atoms with Crippen LogP contribution in [-0.2, 0) is 32.9 Å². The van der Waals surface area contributed by atoms with E-state index in [-0.39, 0.29) is 29.7 Å². The first-order valence-electron chi connectivity index (χ1n) is 12.8. The fourth-order valence-electron chi connectivity index (χ4n) is 5.18. The van der Waals surface area contributed by atoms with Gasteiger partial charge in [-0.3, -0.25) is 14.6 Å². The fraction of sp³-hybridized carbons (Fsp3) is 0.310. The molecular weight excluding hydrogens is 568 g/mol. The van der Waals surface area contributed by atoms with Crippen LogP contribution in [0.1, 0.15) is 42.0 Å². The Balaban J connectivity index is 1.39. The molecule has 0 radical (unpaired) electrons. The van der Waals surface area contributed by atoms with E-state index in [0.29, 0.717) is 26.5 Å². The lowest BCUT2D eigenvalue weighted by Crippen LogP contribution is -2.51. The third kappa shape index (κ3) is 5.30. The minimum absolute atomic E-state index is 0.0177. The molecular formula is C29H23F6N3O4. The molecule has 7 nitrogen and oxygen atoms in total. The zero-order valence-corrected chi connectivity index (χ0v) is 22.0. The highest BCUT2D eigenvalue weighted by Gasteiger charge is 2.58. The van der Waals surface area contributed by atoms with E-state index in [1.165, 1.54) is 42.6 Å². The lowest BCUT2D eigenvalue weighted by atomic mass is 9.93. The summed E-state index contributed by atoms with van der Waals surface area (Å²) in [5.74, 6) is -2.67. The van der Waals surface area contributed by atoms with Gasteiger partial charge in [-0.25, -0.2) is 22.9 Å². The molecule has 1 aliphatic carbocycles. The second-order valence-corrected chi connectivity index (χ2v) is 10.1. The molecule has 5 rings (SSSR count). The second kappa shape index (κ2) is 10.8. The van der Waals surface area contributed by atoms with E-state index in [9.17, 15) is 40.7 Å². The van der Waals surface area contributed by atoms with E-state index in [0.717, 1.165) is 19.1 Å². The molecule has 13 heteroatoms. The standard InChI is InChI=1S/C29H23F6N3O4/c1-16(29(33,34)35)37(14-17-2-5-21(30)6-3-17)24(39)15-38-26(40)28(42-27(38)41)10-8-18-12-19(4-7-22(18)28)23-13-20(25(31)32)9-11-36-23/h2-7,9,11-13,16,25H,8,10,14-15H2,1H3/t16-,28+/m0/s1. The van der Waals surface area contributed by atoms with Crippen molar-refractivity contribution in [1.29, 1.82) is 0 Å². The van der Waals surface area contributed by atoms with Crippen molar-refractivity contribution < 1.29 is 45.5 Å². The van der Waals surface area contributed by atoms with Crippen LogP contribution in [0.4, 0.5) is 31.1 Å². The molecule has 2 atom stereocenters. The van der Waals surface area contributed by atoms with Gasteiger partial charge < -0.3 is 9.64 Å². The van der Waals surface area contributed by atoms with Crippen molar-refractivity contribution in [2.45, 2.75) is 50.6 Å². The fourth-order valence-corrected chi connectivity index (χ4v) is 5.18. The molecule has 2 aliphatic rings. The highest BCUT2D eigenvalue weighted by Crippen LogP contribution is 2.46. The number of aromatic nitrogens is 1. The Kier molecular flexibility index (Phi) is 7.46. The average Bonchev–Trinajstić information content (AvgIpc) is 3.43. The van der Waals surface area contributed by atoms with Crippen molar-refractivity contribution in [3.63, 3.8) is 0 Å². The molecule has 1 spiro atoms. The van der Waals surface area contributed by atoms with E-state index in [1.54, 1.807) is 6.07 Å². The first-order chi connectivity index (χ1) is 19.8. The van der Waals surface area contributed by atoms with E-state index >= 15 is 0 Å². The summed E-state index contributed by atoms with van der Waals surface area (Å²) in [4.78, 5) is 44.6. The number of carbonyl (C=O) groups is 3. The minimum Gasteiger partial charge on any atom is -0.427 e. The normalized spacial score (nSPS) is 18.9. The minimum atomic E-state index is -4.82. The number of aryl methyl sites for hydroxylation is 1. The van der Waals surface area contributed by atoms with Gasteiger partial charge in [0, 0.05) is 35.9 Å². The van der Waals surface area contributed by atoms with E-state index in [4.69, 9.17) is 4.74 Å². The first kappa shape index (κ1) is 29.1. The number of carbonyl (C=O) groups excluding carboxylic acids is 3. The van der Waals surface area contributed by atoms with Crippen LogP contribution in [0.15, 0.2) is 60.8 Å². The molecule has 0 bridgehead atoms. The zero-order chi connectivity index (χ0) is 30.4. The predicted molar refractivity (Wildman–Crippen MR) is 135 cm³/mol. The summed E-state index contributed by atoms with van der Waals surface area (Å²) in [5, 5.41) is 0. The molecule has 42 heavy (non-hydrogen) atoms. The Morgan fingerprint density at radius 2 is 1.81 bits per heavy atom. The van der Waals surface area contributed by atoms with Crippen LogP contribution < -0.4 is 0 Å². The summed E-state index contributed by atoms with van der Waals surface area (Å²) in [6, 6.07) is 9.38. The number of nitrogens with zero attached hydrogens (tertiary/aromatic N) is 3. The summed E-state index contributed by atoms with van der Waals surface area (Å²) >= 11 is 0. The highest BCUT2D eigenvalue weighted by atomic mass is 19.4. The highest BCUT2D eigenvalue weighted by molar-refractivity contribution is 6.06. The van der Waals surface area contributed by atoms with Gasteiger partial charge in [-0.2, -0.15) is 13.2 Å². The van der Waals surface area contributed by atoms with Crippen LogP contribution in [0.25, 0.3) is 11.3 Å². The van der Waals surface area contributed by atoms with Gasteiger partial charge in [0.05, 0.1) is 5.69 Å². The molecule has 1 aliphatic heterocycles. The second-order valence-electron chi connectivity index (χ2n) is 10.1. The third-order valence-corrected chi connectivity index (χ3v) is 7.51. The molecule has 0 saturated carbocycles. The Bertz CT molecular complexity index is 1550. The maximum Gasteiger partial charge on any atom is 0.418 e. The Hall–Kier alpha value is -4.42. The summed E-state index contributed by atoms with van der Waals surface area (Å²) < 4.78 is 86.0. The Labute approximate surface area is 235 Å². The van der Waals surface area contributed by atoms with Crippen molar-refractivity contribution in [2.75, 3.05) is 6.54 Å². The van der Waals surface area contributed by atoms with E-state index in [1.807, 2.05) is 0 Å². The van der Waals surface area contributed by atoms with Crippen LogP contribution >= 0.6 is 0 Å². The summed E-state index contributed by atoms with van der Waals surface area (Å²) in [5.41, 5.74) is -0.0902. The number of pyridine rings is 1. The molecule has 2 heterocycles. The van der Waals surface area contributed by atoms with Gasteiger partial charge in [0.2, 0.25) is 11.5 Å². The van der Waals surface area contributed by atoms with Gasteiger partial charge in [-0.15, -0.1) is 0 Å². The molecule has 3 amide bonds. The smallest absolute Gasteiger partial charge is 0.418 e. The molecule has 1 aromatic heterocycles. The van der Waals surface area contributed by atoms with Crippen molar-refractivity contribution in [3.8, 4) is 11.3 Å². The summed E-state index contributed by atoms with van der Waals surface area (Å²) in [7, 11) is 0. The van der Waals surface area contributed by atoms with Crippen LogP contribution in [0.3, 0.4) is 0 Å². The number of fused-ring (bicyclic) bond motifs is 2. The van der Waals surface area contributed by atoms with Crippen LogP contribution in [0, 0.1) is 5.82 Å². The number of benzene rings is 2. The quantitative estimate of drug-likeness (QED) is 0.319. The maximum atomic E-state index is 13.6. The van der Waals surface area contributed by atoms with Crippen molar-refractivity contribution in [2.24, 2.45) is 0 Å². The first-order valence-corrected chi connectivity index (χ1v) is 12.8. The zero-order valence-electron chi connectivity index (χ0n) is 22.0. The molecule has 2 aromatic carbocycles. The number of hydrogen-bond acceptors (Lipinski definition) is 5. The van der Waals surface area contributed by atoms with E-state index < -0.39 is 61.1 Å². The van der Waals surface area contributed by atoms with Gasteiger partial charge in [0.15, 0.2) is 0 Å². The van der Waals surface area contributed by atoms with Crippen molar-refractivity contribution in [1.82, 2.24) is 14.8 Å². The SMILES string of the molecule is C[C@H](N(Cc1ccc(F)cc1)C(=O)CN1C(=O)O[C@@]2(CCc3cc(-c4cc(C(F)F)ccn4)ccc32)C1=O)C(F)(F)F.